The molecule has 1 amide bonds. The Bertz CT molecular complexity index is 1490. The first-order chi connectivity index (χ1) is 17.7. The number of hydrogen-bond donors (Lipinski definition) is 1. The predicted molar refractivity (Wildman–Crippen MR) is 148 cm³/mol. The maximum atomic E-state index is 12.5. The Morgan fingerprint density at radius 2 is 1.58 bits per heavy atom. The van der Waals surface area contributed by atoms with E-state index in [0.29, 0.717) is 6.54 Å². The van der Waals surface area contributed by atoms with Crippen LogP contribution in [0.15, 0.2) is 113 Å². The number of imidazole rings is 1. The standard InChI is InChI=1S/C30H26N4OS/c1-22-11-13-24(14-12-22)20-34-28-10-6-5-9-27(28)32-30(34)36-21-29(35)33-31-19-23-15-17-26(18-16-23)25-7-3-2-4-8-25/h2-19H,20-21H2,1H3,(H,33,35)/b31-19+. The Balaban J connectivity index is 1.21. The van der Waals surface area contributed by atoms with Gasteiger partial charge in [-0.05, 0) is 41.3 Å². The summed E-state index contributed by atoms with van der Waals surface area (Å²) >= 11 is 1.42. The Labute approximate surface area is 214 Å². The van der Waals surface area contributed by atoms with Crippen LogP contribution >= 0.6 is 11.8 Å². The number of para-hydroxylation sites is 2. The summed E-state index contributed by atoms with van der Waals surface area (Å²) in [5, 5.41) is 4.94. The molecular formula is C30H26N4OS. The van der Waals surface area contributed by atoms with Gasteiger partial charge < -0.3 is 4.57 Å². The second-order valence-corrected chi connectivity index (χ2v) is 9.47. The smallest absolute Gasteiger partial charge is 0.250 e. The van der Waals surface area contributed by atoms with Crippen LogP contribution in [-0.2, 0) is 11.3 Å². The second-order valence-electron chi connectivity index (χ2n) is 8.52. The van der Waals surface area contributed by atoms with Gasteiger partial charge in [-0.3, -0.25) is 4.79 Å². The average Bonchev–Trinajstić information content (AvgIpc) is 3.27. The van der Waals surface area contributed by atoms with Crippen molar-refractivity contribution in [3.05, 3.63) is 120 Å². The summed E-state index contributed by atoms with van der Waals surface area (Å²) in [7, 11) is 0. The number of nitrogens with zero attached hydrogens (tertiary/aromatic N) is 3. The molecular weight excluding hydrogens is 464 g/mol. The van der Waals surface area contributed by atoms with E-state index < -0.39 is 0 Å². The minimum atomic E-state index is -0.175. The van der Waals surface area contributed by atoms with Crippen LogP contribution in [0.3, 0.4) is 0 Å². The third-order valence-electron chi connectivity index (χ3n) is 5.83. The molecule has 0 aliphatic carbocycles. The summed E-state index contributed by atoms with van der Waals surface area (Å²) in [6, 6.07) is 34.8. The molecule has 1 aromatic heterocycles. The lowest BCUT2D eigenvalue weighted by atomic mass is 10.0. The van der Waals surface area contributed by atoms with Crippen LogP contribution in [0.4, 0.5) is 0 Å². The summed E-state index contributed by atoms with van der Waals surface area (Å²) in [4.78, 5) is 17.3. The van der Waals surface area contributed by atoms with Gasteiger partial charge in [0.2, 0.25) is 0 Å². The average molecular weight is 491 g/mol. The molecule has 0 unspecified atom stereocenters. The van der Waals surface area contributed by atoms with E-state index in [1.807, 2.05) is 60.7 Å². The zero-order chi connectivity index (χ0) is 24.7. The number of fused-ring (bicyclic) bond motifs is 1. The monoisotopic (exact) mass is 490 g/mol. The molecule has 0 saturated heterocycles. The van der Waals surface area contributed by atoms with Crippen LogP contribution in [0.5, 0.6) is 0 Å². The number of rotatable bonds is 8. The Morgan fingerprint density at radius 1 is 0.889 bits per heavy atom. The topological polar surface area (TPSA) is 59.3 Å². The number of aryl methyl sites for hydroxylation is 1. The first-order valence-electron chi connectivity index (χ1n) is 11.8. The molecule has 0 atom stereocenters. The summed E-state index contributed by atoms with van der Waals surface area (Å²) < 4.78 is 2.16. The van der Waals surface area contributed by atoms with E-state index in [4.69, 9.17) is 4.98 Å². The number of hydrogen-bond acceptors (Lipinski definition) is 4. The van der Waals surface area contributed by atoms with Crippen molar-refractivity contribution >= 4 is 34.9 Å². The fourth-order valence-corrected chi connectivity index (χ4v) is 4.73. The number of aromatic nitrogens is 2. The van der Waals surface area contributed by atoms with E-state index in [9.17, 15) is 4.79 Å². The number of benzene rings is 4. The summed E-state index contributed by atoms with van der Waals surface area (Å²) in [6.07, 6.45) is 1.66. The molecule has 0 aliphatic rings. The van der Waals surface area contributed by atoms with Gasteiger partial charge in [-0.25, -0.2) is 10.4 Å². The fraction of sp³-hybridized carbons (Fsp3) is 0.100. The van der Waals surface area contributed by atoms with Gasteiger partial charge in [-0.2, -0.15) is 5.10 Å². The molecule has 1 heterocycles. The molecule has 36 heavy (non-hydrogen) atoms. The fourth-order valence-electron chi connectivity index (χ4n) is 3.93. The normalized spacial score (nSPS) is 11.2. The Kier molecular flexibility index (Phi) is 7.24. The molecule has 6 heteroatoms. The van der Waals surface area contributed by atoms with E-state index in [2.05, 4.69) is 64.5 Å². The molecule has 0 spiro atoms. The predicted octanol–water partition coefficient (Wildman–Crippen LogP) is 6.30. The number of thioether (sulfide) groups is 1. The van der Waals surface area contributed by atoms with Crippen molar-refractivity contribution in [1.29, 1.82) is 0 Å². The van der Waals surface area contributed by atoms with Crippen molar-refractivity contribution in [1.82, 2.24) is 15.0 Å². The van der Waals surface area contributed by atoms with Crippen LogP contribution in [-0.4, -0.2) is 27.4 Å². The number of carbonyl (C=O) groups excluding carboxylic acids is 1. The molecule has 0 fully saturated rings. The van der Waals surface area contributed by atoms with Crippen molar-refractivity contribution in [2.75, 3.05) is 5.75 Å². The van der Waals surface area contributed by atoms with Crippen molar-refractivity contribution in [2.24, 2.45) is 5.10 Å². The third kappa shape index (κ3) is 5.73. The first kappa shape index (κ1) is 23.6. The minimum absolute atomic E-state index is 0.175. The molecule has 0 saturated carbocycles. The molecule has 4 aromatic carbocycles. The maximum Gasteiger partial charge on any atom is 0.250 e. The van der Waals surface area contributed by atoms with Gasteiger partial charge in [0.05, 0.1) is 29.5 Å². The van der Waals surface area contributed by atoms with E-state index in [1.165, 1.54) is 28.5 Å². The van der Waals surface area contributed by atoms with Crippen LogP contribution in [0, 0.1) is 6.92 Å². The summed E-state index contributed by atoms with van der Waals surface area (Å²) in [5.74, 6) is 0.0488. The number of hydrazone groups is 1. The van der Waals surface area contributed by atoms with Crippen molar-refractivity contribution in [2.45, 2.75) is 18.6 Å². The van der Waals surface area contributed by atoms with Crippen LogP contribution in [0.2, 0.25) is 0 Å². The molecule has 5 rings (SSSR count). The summed E-state index contributed by atoms with van der Waals surface area (Å²) in [5.41, 5.74) is 10.3. The van der Waals surface area contributed by atoms with Gasteiger partial charge in [-0.1, -0.05) is 108 Å². The molecule has 178 valence electrons. The Hall–Kier alpha value is -4.16. The van der Waals surface area contributed by atoms with Gasteiger partial charge >= 0.3 is 0 Å². The van der Waals surface area contributed by atoms with E-state index in [0.717, 1.165) is 27.3 Å². The molecule has 5 nitrogen and oxygen atoms in total. The zero-order valence-electron chi connectivity index (χ0n) is 20.0. The van der Waals surface area contributed by atoms with E-state index in [-0.39, 0.29) is 11.7 Å². The van der Waals surface area contributed by atoms with Crippen molar-refractivity contribution in [3.63, 3.8) is 0 Å². The SMILES string of the molecule is Cc1ccc(Cn2c(SCC(=O)N/N=C/c3ccc(-c4ccccc4)cc3)nc3ccccc32)cc1. The number of carbonyl (C=O) groups is 1. The van der Waals surface area contributed by atoms with E-state index in [1.54, 1.807) is 6.21 Å². The van der Waals surface area contributed by atoms with E-state index >= 15 is 0 Å². The first-order valence-corrected chi connectivity index (χ1v) is 12.8. The van der Waals surface area contributed by atoms with Crippen molar-refractivity contribution in [3.8, 4) is 11.1 Å². The van der Waals surface area contributed by atoms with Gasteiger partial charge in [0.25, 0.3) is 5.91 Å². The lowest BCUT2D eigenvalue weighted by molar-refractivity contribution is -0.118. The molecule has 0 radical (unpaired) electrons. The minimum Gasteiger partial charge on any atom is -0.314 e. The Morgan fingerprint density at radius 3 is 2.36 bits per heavy atom. The van der Waals surface area contributed by atoms with Gasteiger partial charge in [0.1, 0.15) is 0 Å². The van der Waals surface area contributed by atoms with Gasteiger partial charge in [0.15, 0.2) is 5.16 Å². The van der Waals surface area contributed by atoms with Crippen molar-refractivity contribution < 1.29 is 4.79 Å². The summed E-state index contributed by atoms with van der Waals surface area (Å²) in [6.45, 7) is 2.78. The molecule has 0 aliphatic heterocycles. The maximum absolute atomic E-state index is 12.5. The zero-order valence-corrected chi connectivity index (χ0v) is 20.8. The lowest BCUT2D eigenvalue weighted by Gasteiger charge is -2.09. The van der Waals surface area contributed by atoms with Crippen LogP contribution in [0.25, 0.3) is 22.2 Å². The number of nitrogens with one attached hydrogen (secondary N) is 1. The molecule has 0 bridgehead atoms. The van der Waals surface area contributed by atoms with Gasteiger partial charge in [-0.15, -0.1) is 0 Å². The quantitative estimate of drug-likeness (QED) is 0.158. The highest BCUT2D eigenvalue weighted by Crippen LogP contribution is 2.25. The van der Waals surface area contributed by atoms with Crippen LogP contribution < -0.4 is 5.43 Å². The molecule has 1 N–H and O–H groups in total. The molecule has 5 aromatic rings. The third-order valence-corrected chi connectivity index (χ3v) is 6.81. The highest BCUT2D eigenvalue weighted by Gasteiger charge is 2.13. The largest absolute Gasteiger partial charge is 0.314 e. The highest BCUT2D eigenvalue weighted by atomic mass is 32.2. The highest BCUT2D eigenvalue weighted by molar-refractivity contribution is 7.99. The van der Waals surface area contributed by atoms with Gasteiger partial charge in [0, 0.05) is 0 Å². The second kappa shape index (κ2) is 11.1. The number of amides is 1. The van der Waals surface area contributed by atoms with Crippen LogP contribution in [0.1, 0.15) is 16.7 Å². The lowest BCUT2D eigenvalue weighted by Crippen LogP contribution is -2.20.